The number of nitrogens with zero attached hydrogens (tertiary/aromatic N) is 5. The SMILES string of the molecule is CCOc1cc(NC2CCN(c3ncnc(Cl)c3NC)CC2)ncn1. The monoisotopic (exact) mass is 363 g/mol. The van der Waals surface area contributed by atoms with E-state index in [1.54, 1.807) is 0 Å². The largest absolute Gasteiger partial charge is 0.478 e. The van der Waals surface area contributed by atoms with E-state index in [0.717, 1.165) is 43.3 Å². The summed E-state index contributed by atoms with van der Waals surface area (Å²) in [6.45, 7) is 4.28. The van der Waals surface area contributed by atoms with Gasteiger partial charge in [0.15, 0.2) is 11.0 Å². The third-order valence-corrected chi connectivity index (χ3v) is 4.40. The Morgan fingerprint density at radius 2 is 1.96 bits per heavy atom. The molecule has 2 N–H and O–H groups in total. The van der Waals surface area contributed by atoms with E-state index < -0.39 is 0 Å². The van der Waals surface area contributed by atoms with Crippen molar-refractivity contribution >= 4 is 28.9 Å². The summed E-state index contributed by atoms with van der Waals surface area (Å²) in [7, 11) is 1.83. The van der Waals surface area contributed by atoms with Gasteiger partial charge in [-0.1, -0.05) is 11.6 Å². The van der Waals surface area contributed by atoms with Crippen molar-refractivity contribution in [2.75, 3.05) is 42.3 Å². The number of aromatic nitrogens is 4. The molecule has 0 saturated carbocycles. The van der Waals surface area contributed by atoms with Crippen LogP contribution in [0, 0.1) is 0 Å². The Bertz CT molecular complexity index is 707. The third kappa shape index (κ3) is 4.19. The van der Waals surface area contributed by atoms with Crippen LogP contribution in [-0.4, -0.2) is 52.7 Å². The van der Waals surface area contributed by atoms with Gasteiger partial charge in [-0.25, -0.2) is 19.9 Å². The zero-order chi connectivity index (χ0) is 17.6. The quantitative estimate of drug-likeness (QED) is 0.756. The van der Waals surface area contributed by atoms with Gasteiger partial charge in [-0.05, 0) is 19.8 Å². The minimum atomic E-state index is 0.343. The van der Waals surface area contributed by atoms with Crippen molar-refractivity contribution in [1.29, 1.82) is 0 Å². The van der Waals surface area contributed by atoms with Crippen LogP contribution in [-0.2, 0) is 0 Å². The summed E-state index contributed by atoms with van der Waals surface area (Å²) in [6.07, 6.45) is 4.96. The predicted molar refractivity (Wildman–Crippen MR) is 98.6 cm³/mol. The lowest BCUT2D eigenvalue weighted by Gasteiger charge is -2.34. The fourth-order valence-electron chi connectivity index (χ4n) is 2.90. The van der Waals surface area contributed by atoms with Crippen LogP contribution in [0.1, 0.15) is 19.8 Å². The Kier molecular flexibility index (Phi) is 5.70. The molecule has 2 aromatic heterocycles. The van der Waals surface area contributed by atoms with E-state index in [2.05, 4.69) is 35.5 Å². The van der Waals surface area contributed by atoms with Gasteiger partial charge in [-0.2, -0.15) is 0 Å². The second-order valence-corrected chi connectivity index (χ2v) is 6.05. The molecular weight excluding hydrogens is 342 g/mol. The molecule has 0 bridgehead atoms. The molecule has 1 fully saturated rings. The third-order valence-electron chi connectivity index (χ3n) is 4.11. The zero-order valence-corrected chi connectivity index (χ0v) is 15.1. The molecular formula is C16H22ClN7O. The molecule has 0 amide bonds. The van der Waals surface area contributed by atoms with Crippen molar-refractivity contribution in [1.82, 2.24) is 19.9 Å². The number of hydrogen-bond donors (Lipinski definition) is 2. The molecule has 0 unspecified atom stereocenters. The predicted octanol–water partition coefficient (Wildman–Crippen LogP) is 2.44. The second kappa shape index (κ2) is 8.15. The van der Waals surface area contributed by atoms with Crippen LogP contribution in [0.5, 0.6) is 5.88 Å². The van der Waals surface area contributed by atoms with E-state index in [-0.39, 0.29) is 0 Å². The van der Waals surface area contributed by atoms with Gasteiger partial charge in [0, 0.05) is 32.2 Å². The fourth-order valence-corrected chi connectivity index (χ4v) is 3.12. The van der Waals surface area contributed by atoms with E-state index in [9.17, 15) is 0 Å². The van der Waals surface area contributed by atoms with Crippen LogP contribution >= 0.6 is 11.6 Å². The van der Waals surface area contributed by atoms with Gasteiger partial charge in [0.25, 0.3) is 0 Å². The van der Waals surface area contributed by atoms with E-state index >= 15 is 0 Å². The van der Waals surface area contributed by atoms with E-state index in [1.165, 1.54) is 12.7 Å². The number of ether oxygens (including phenoxy) is 1. The molecule has 0 aliphatic carbocycles. The smallest absolute Gasteiger partial charge is 0.218 e. The Balaban J connectivity index is 1.61. The van der Waals surface area contributed by atoms with Crippen LogP contribution in [0.25, 0.3) is 0 Å². The van der Waals surface area contributed by atoms with E-state index in [1.807, 2.05) is 20.0 Å². The maximum Gasteiger partial charge on any atom is 0.218 e. The van der Waals surface area contributed by atoms with Gasteiger partial charge < -0.3 is 20.3 Å². The minimum absolute atomic E-state index is 0.343. The number of piperidine rings is 1. The fraction of sp³-hybridized carbons (Fsp3) is 0.500. The van der Waals surface area contributed by atoms with Crippen molar-refractivity contribution in [3.05, 3.63) is 23.9 Å². The lowest BCUT2D eigenvalue weighted by Crippen LogP contribution is -2.40. The molecule has 0 radical (unpaired) electrons. The molecule has 2 aromatic rings. The molecule has 1 aliphatic rings. The maximum atomic E-state index is 6.15. The topological polar surface area (TPSA) is 88.1 Å². The summed E-state index contributed by atoms with van der Waals surface area (Å²) in [5.41, 5.74) is 0.771. The van der Waals surface area contributed by atoms with Gasteiger partial charge in [0.05, 0.1) is 6.61 Å². The molecule has 0 spiro atoms. The van der Waals surface area contributed by atoms with Gasteiger partial charge in [0.2, 0.25) is 5.88 Å². The molecule has 1 aliphatic heterocycles. The van der Waals surface area contributed by atoms with E-state index in [4.69, 9.17) is 16.3 Å². The Hall–Kier alpha value is -2.35. The average Bonchev–Trinajstić information content (AvgIpc) is 2.63. The highest BCUT2D eigenvalue weighted by molar-refractivity contribution is 6.32. The Morgan fingerprint density at radius 3 is 2.68 bits per heavy atom. The summed E-state index contributed by atoms with van der Waals surface area (Å²) >= 11 is 6.15. The maximum absolute atomic E-state index is 6.15. The first-order valence-electron chi connectivity index (χ1n) is 8.35. The molecule has 3 rings (SSSR count). The van der Waals surface area contributed by atoms with Crippen molar-refractivity contribution in [2.24, 2.45) is 0 Å². The van der Waals surface area contributed by atoms with Crippen LogP contribution < -0.4 is 20.3 Å². The van der Waals surface area contributed by atoms with Crippen molar-refractivity contribution < 1.29 is 4.74 Å². The number of halogens is 1. The lowest BCUT2D eigenvalue weighted by molar-refractivity contribution is 0.326. The molecule has 1 saturated heterocycles. The number of hydrogen-bond acceptors (Lipinski definition) is 8. The van der Waals surface area contributed by atoms with Crippen LogP contribution in [0.2, 0.25) is 5.15 Å². The standard InChI is InChI=1S/C16H22ClN7O/c1-3-25-13-8-12(19-9-20-13)23-11-4-6-24(7-5-11)16-14(18-2)15(17)21-10-22-16/h8-11,18H,3-7H2,1-2H3,(H,19,20,23). The minimum Gasteiger partial charge on any atom is -0.478 e. The van der Waals surface area contributed by atoms with E-state index in [0.29, 0.717) is 23.7 Å². The highest BCUT2D eigenvalue weighted by Crippen LogP contribution is 2.30. The molecule has 8 nitrogen and oxygen atoms in total. The number of rotatable bonds is 6. The Labute approximate surface area is 152 Å². The average molecular weight is 364 g/mol. The molecule has 0 atom stereocenters. The lowest BCUT2D eigenvalue weighted by atomic mass is 10.0. The number of nitrogens with one attached hydrogen (secondary N) is 2. The first kappa shape index (κ1) is 17.5. The summed E-state index contributed by atoms with van der Waals surface area (Å²) in [5.74, 6) is 2.23. The molecule has 3 heterocycles. The second-order valence-electron chi connectivity index (χ2n) is 5.69. The van der Waals surface area contributed by atoms with Crippen molar-refractivity contribution in [2.45, 2.75) is 25.8 Å². The first-order valence-corrected chi connectivity index (χ1v) is 8.73. The summed E-state index contributed by atoms with van der Waals surface area (Å²) in [6, 6.07) is 2.18. The van der Waals surface area contributed by atoms with Gasteiger partial charge >= 0.3 is 0 Å². The normalized spacial score (nSPS) is 15.1. The van der Waals surface area contributed by atoms with Crippen LogP contribution in [0.3, 0.4) is 0 Å². The van der Waals surface area contributed by atoms with Gasteiger partial charge in [0.1, 0.15) is 24.2 Å². The highest BCUT2D eigenvalue weighted by atomic mass is 35.5. The molecule has 134 valence electrons. The van der Waals surface area contributed by atoms with Gasteiger partial charge in [-0.15, -0.1) is 0 Å². The zero-order valence-electron chi connectivity index (χ0n) is 14.4. The van der Waals surface area contributed by atoms with Gasteiger partial charge in [-0.3, -0.25) is 0 Å². The van der Waals surface area contributed by atoms with Crippen molar-refractivity contribution in [3.8, 4) is 5.88 Å². The Morgan fingerprint density at radius 1 is 1.20 bits per heavy atom. The summed E-state index contributed by atoms with van der Waals surface area (Å²) < 4.78 is 5.41. The highest BCUT2D eigenvalue weighted by Gasteiger charge is 2.23. The first-order chi connectivity index (χ1) is 12.2. The van der Waals surface area contributed by atoms with Crippen LogP contribution in [0.4, 0.5) is 17.3 Å². The number of anilines is 3. The molecule has 25 heavy (non-hydrogen) atoms. The van der Waals surface area contributed by atoms with Crippen LogP contribution in [0.15, 0.2) is 18.7 Å². The summed E-state index contributed by atoms with van der Waals surface area (Å²) in [4.78, 5) is 19.0. The summed E-state index contributed by atoms with van der Waals surface area (Å²) in [5, 5.41) is 6.99. The molecule has 0 aromatic carbocycles. The van der Waals surface area contributed by atoms with Crippen molar-refractivity contribution in [3.63, 3.8) is 0 Å². The molecule has 9 heteroatoms.